The number of hydrogen-bond acceptors (Lipinski definition) is 1. The van der Waals surface area contributed by atoms with Crippen molar-refractivity contribution < 1.29 is 0 Å². The van der Waals surface area contributed by atoms with Gasteiger partial charge in [-0.15, -0.1) is 0 Å². The average molecular weight is 599 g/mol. The second kappa shape index (κ2) is 9.09. The van der Waals surface area contributed by atoms with Gasteiger partial charge in [0, 0.05) is 49.9 Å². The van der Waals surface area contributed by atoms with Gasteiger partial charge in [-0.3, -0.25) is 4.98 Å². The Bertz CT molecular complexity index is 2720. The molecule has 218 valence electrons. The minimum atomic E-state index is 1.05. The highest BCUT2D eigenvalue weighted by Crippen LogP contribution is 2.43. The van der Waals surface area contributed by atoms with Crippen molar-refractivity contribution in [1.82, 2.24) is 18.7 Å². The summed E-state index contributed by atoms with van der Waals surface area (Å²) < 4.78 is 7.24. The van der Waals surface area contributed by atoms with E-state index >= 15 is 0 Å². The minimum absolute atomic E-state index is 1.05. The molecular weight excluding hydrogens is 573 g/mol. The summed E-state index contributed by atoms with van der Waals surface area (Å²) in [5.41, 5.74) is 10.5. The number of aromatic nitrogens is 4. The summed E-state index contributed by atoms with van der Waals surface area (Å²) >= 11 is 0. The first-order chi connectivity index (χ1) is 23.3. The molecule has 4 nitrogen and oxygen atoms in total. The monoisotopic (exact) mass is 598 g/mol. The van der Waals surface area contributed by atoms with E-state index in [-0.39, 0.29) is 0 Å². The number of rotatable bonds is 3. The van der Waals surface area contributed by atoms with Crippen LogP contribution in [0.2, 0.25) is 0 Å². The van der Waals surface area contributed by atoms with Crippen molar-refractivity contribution >= 4 is 76.2 Å². The highest BCUT2D eigenvalue weighted by molar-refractivity contribution is 6.25. The summed E-state index contributed by atoms with van der Waals surface area (Å²) in [6, 6.07) is 53.1. The lowest BCUT2D eigenvalue weighted by Crippen LogP contribution is -1.98. The lowest BCUT2D eigenvalue weighted by molar-refractivity contribution is 1.12. The average Bonchev–Trinajstić information content (AvgIpc) is 3.77. The molecule has 11 rings (SSSR count). The molecule has 4 heterocycles. The van der Waals surface area contributed by atoms with E-state index in [0.717, 1.165) is 17.1 Å². The van der Waals surface area contributed by atoms with Crippen LogP contribution in [0.25, 0.3) is 93.3 Å². The first-order valence-electron chi connectivity index (χ1n) is 16.1. The molecule has 0 amide bonds. The molecule has 11 aromatic rings. The SMILES string of the molecule is c1cncc(-n2c3cc(-n4c5ccccc5c5ccccc54)cc4ccc5cc(-n6c7ccccc7c7ccccc76)cc2c5c43)c1. The largest absolute Gasteiger partial charge is 0.309 e. The molecule has 0 fully saturated rings. The number of nitrogens with zero attached hydrogens (tertiary/aromatic N) is 4. The van der Waals surface area contributed by atoms with Crippen molar-refractivity contribution in [3.05, 3.63) is 158 Å². The van der Waals surface area contributed by atoms with E-state index in [1.807, 2.05) is 18.5 Å². The molecule has 7 aromatic carbocycles. The molecule has 0 aliphatic carbocycles. The van der Waals surface area contributed by atoms with Gasteiger partial charge in [0.25, 0.3) is 0 Å². The van der Waals surface area contributed by atoms with E-state index in [9.17, 15) is 0 Å². The molecule has 47 heavy (non-hydrogen) atoms. The van der Waals surface area contributed by atoms with Gasteiger partial charge in [0.2, 0.25) is 0 Å². The second-order valence-electron chi connectivity index (χ2n) is 12.5. The maximum atomic E-state index is 4.58. The van der Waals surface area contributed by atoms with Gasteiger partial charge >= 0.3 is 0 Å². The van der Waals surface area contributed by atoms with E-state index in [4.69, 9.17) is 0 Å². The summed E-state index contributed by atoms with van der Waals surface area (Å²) in [7, 11) is 0. The zero-order valence-corrected chi connectivity index (χ0v) is 25.3. The summed E-state index contributed by atoms with van der Waals surface area (Å²) in [4.78, 5) is 4.58. The van der Waals surface area contributed by atoms with Gasteiger partial charge in [-0.05, 0) is 71.4 Å². The molecule has 0 aliphatic rings. The summed E-state index contributed by atoms with van der Waals surface area (Å²) in [5, 5.41) is 10.1. The highest BCUT2D eigenvalue weighted by Gasteiger charge is 2.22. The molecule has 0 aliphatic heterocycles. The third-order valence-electron chi connectivity index (χ3n) is 10.0. The summed E-state index contributed by atoms with van der Waals surface area (Å²) in [6.45, 7) is 0. The number of benzene rings is 7. The summed E-state index contributed by atoms with van der Waals surface area (Å²) in [6.07, 6.45) is 3.82. The number of pyridine rings is 1. The van der Waals surface area contributed by atoms with Crippen molar-refractivity contribution in [3.8, 4) is 17.1 Å². The molecule has 0 atom stereocenters. The molecule has 0 radical (unpaired) electrons. The zero-order chi connectivity index (χ0) is 30.6. The quantitative estimate of drug-likeness (QED) is 0.186. The lowest BCUT2D eigenvalue weighted by atomic mass is 10.0. The van der Waals surface area contributed by atoms with Crippen LogP contribution in [-0.2, 0) is 0 Å². The van der Waals surface area contributed by atoms with Crippen LogP contribution >= 0.6 is 0 Å². The van der Waals surface area contributed by atoms with Gasteiger partial charge in [0.05, 0.1) is 45.0 Å². The maximum absolute atomic E-state index is 4.58. The molecule has 0 bridgehead atoms. The fourth-order valence-electron chi connectivity index (χ4n) is 8.16. The Kier molecular flexibility index (Phi) is 4.81. The van der Waals surface area contributed by atoms with Crippen LogP contribution in [0, 0.1) is 0 Å². The van der Waals surface area contributed by atoms with Crippen LogP contribution in [0.1, 0.15) is 0 Å². The predicted molar refractivity (Wildman–Crippen MR) is 196 cm³/mol. The van der Waals surface area contributed by atoms with E-state index in [0.29, 0.717) is 0 Å². The molecule has 4 heteroatoms. The van der Waals surface area contributed by atoms with E-state index in [2.05, 4.69) is 158 Å². The van der Waals surface area contributed by atoms with Crippen molar-refractivity contribution in [2.24, 2.45) is 0 Å². The number of fused-ring (bicyclic) bond motifs is 6. The highest BCUT2D eigenvalue weighted by atomic mass is 15.0. The van der Waals surface area contributed by atoms with E-state index < -0.39 is 0 Å². The van der Waals surface area contributed by atoms with Gasteiger partial charge < -0.3 is 13.7 Å². The van der Waals surface area contributed by atoms with Gasteiger partial charge in [-0.25, -0.2) is 0 Å². The van der Waals surface area contributed by atoms with Crippen molar-refractivity contribution in [2.45, 2.75) is 0 Å². The first kappa shape index (κ1) is 24.9. The molecule has 0 unspecified atom stereocenters. The van der Waals surface area contributed by atoms with Crippen molar-refractivity contribution in [2.75, 3.05) is 0 Å². The smallest absolute Gasteiger partial charge is 0.0645 e. The van der Waals surface area contributed by atoms with Crippen LogP contribution in [0.4, 0.5) is 0 Å². The van der Waals surface area contributed by atoms with Crippen LogP contribution in [-0.4, -0.2) is 18.7 Å². The third kappa shape index (κ3) is 3.28. The number of para-hydroxylation sites is 4. The standard InChI is InChI=1S/C43H26N4/c1-5-15-36-32(11-1)33-12-2-6-16-37(33)46(36)30-22-27-19-20-28-23-31(47-38-17-7-3-13-34(38)35-14-4-8-18-39(35)47)25-41-43(28)42(27)40(24-30)45(41)29-10-9-21-44-26-29/h1-26H. The topological polar surface area (TPSA) is 27.7 Å². The van der Waals surface area contributed by atoms with E-state index in [1.165, 1.54) is 76.2 Å². The fraction of sp³-hybridized carbons (Fsp3) is 0. The van der Waals surface area contributed by atoms with Gasteiger partial charge in [-0.2, -0.15) is 0 Å². The Hall–Kier alpha value is -6.39. The Morgan fingerprint density at radius 3 is 1.15 bits per heavy atom. The fourth-order valence-corrected chi connectivity index (χ4v) is 8.16. The summed E-state index contributed by atoms with van der Waals surface area (Å²) in [5.74, 6) is 0. The maximum Gasteiger partial charge on any atom is 0.0645 e. The Morgan fingerprint density at radius 1 is 0.340 bits per heavy atom. The van der Waals surface area contributed by atoms with Crippen molar-refractivity contribution in [3.63, 3.8) is 0 Å². The van der Waals surface area contributed by atoms with Gasteiger partial charge in [0.1, 0.15) is 0 Å². The third-order valence-corrected chi connectivity index (χ3v) is 10.0. The van der Waals surface area contributed by atoms with E-state index in [1.54, 1.807) is 0 Å². The van der Waals surface area contributed by atoms with Gasteiger partial charge in [0.15, 0.2) is 0 Å². The Balaban J connectivity index is 1.29. The van der Waals surface area contributed by atoms with Crippen LogP contribution < -0.4 is 0 Å². The normalized spacial score (nSPS) is 12.3. The first-order valence-corrected chi connectivity index (χ1v) is 16.1. The molecule has 0 spiro atoms. The molecule has 0 saturated heterocycles. The number of hydrogen-bond donors (Lipinski definition) is 0. The molecule has 4 aromatic heterocycles. The molecular formula is C43H26N4. The van der Waals surface area contributed by atoms with Crippen LogP contribution in [0.5, 0.6) is 0 Å². The van der Waals surface area contributed by atoms with Gasteiger partial charge in [-0.1, -0.05) is 84.9 Å². The second-order valence-corrected chi connectivity index (χ2v) is 12.5. The minimum Gasteiger partial charge on any atom is -0.309 e. The van der Waals surface area contributed by atoms with Crippen LogP contribution in [0.3, 0.4) is 0 Å². The predicted octanol–water partition coefficient (Wildman–Crippen LogP) is 11.0. The van der Waals surface area contributed by atoms with Crippen molar-refractivity contribution in [1.29, 1.82) is 0 Å². The molecule has 0 N–H and O–H groups in total. The zero-order valence-electron chi connectivity index (χ0n) is 25.3. The Morgan fingerprint density at radius 2 is 0.745 bits per heavy atom. The Labute approximate surface area is 269 Å². The van der Waals surface area contributed by atoms with Crippen LogP contribution in [0.15, 0.2) is 158 Å². The lowest BCUT2D eigenvalue weighted by Gasteiger charge is -2.12. The molecule has 0 saturated carbocycles.